The molecule has 0 amide bonds. The smallest absolute Gasteiger partial charge is 0.378 e. The van der Waals surface area contributed by atoms with E-state index >= 15 is 0 Å². The molecule has 1 fully saturated rings. The van der Waals surface area contributed by atoms with Crippen molar-refractivity contribution in [2.24, 2.45) is 11.8 Å². The summed E-state index contributed by atoms with van der Waals surface area (Å²) in [6.45, 7) is 8.76. The average molecular weight is 313 g/mol. The molecule has 0 saturated heterocycles. The van der Waals surface area contributed by atoms with Crippen LogP contribution in [0.15, 0.2) is 24.3 Å². The fourth-order valence-corrected chi connectivity index (χ4v) is 2.75. The first-order valence-corrected chi connectivity index (χ1v) is 8.17. The first-order valence-electron chi connectivity index (χ1n) is 8.17. The van der Waals surface area contributed by atoms with Crippen LogP contribution in [0.25, 0.3) is 5.69 Å². The first kappa shape index (κ1) is 15.7. The Morgan fingerprint density at radius 1 is 1.39 bits per heavy atom. The van der Waals surface area contributed by atoms with Crippen LogP contribution in [-0.4, -0.2) is 27.3 Å². The number of aromatic nitrogens is 3. The van der Waals surface area contributed by atoms with Crippen LogP contribution in [0, 0.1) is 18.8 Å². The minimum absolute atomic E-state index is 0.134. The van der Waals surface area contributed by atoms with Crippen LogP contribution in [0.3, 0.4) is 0 Å². The minimum Gasteiger partial charge on any atom is -0.459 e. The quantitative estimate of drug-likeness (QED) is 0.793. The molecule has 3 rings (SSSR count). The molecular formula is C18H23N3O2. The summed E-state index contributed by atoms with van der Waals surface area (Å²) in [5, 5.41) is 4.37. The van der Waals surface area contributed by atoms with Gasteiger partial charge in [0.25, 0.3) is 5.82 Å². The maximum atomic E-state index is 12.1. The van der Waals surface area contributed by atoms with Crippen molar-refractivity contribution >= 4 is 5.97 Å². The van der Waals surface area contributed by atoms with Gasteiger partial charge in [-0.25, -0.2) is 14.5 Å². The zero-order chi connectivity index (χ0) is 16.6. The van der Waals surface area contributed by atoms with Crippen molar-refractivity contribution in [3.05, 3.63) is 41.5 Å². The van der Waals surface area contributed by atoms with Crippen LogP contribution in [-0.2, 0) is 4.74 Å². The second-order valence-corrected chi connectivity index (χ2v) is 6.68. The van der Waals surface area contributed by atoms with Crippen molar-refractivity contribution in [3.63, 3.8) is 0 Å². The summed E-state index contributed by atoms with van der Waals surface area (Å²) in [4.78, 5) is 16.4. The van der Waals surface area contributed by atoms with Gasteiger partial charge in [-0.1, -0.05) is 39.0 Å². The molecule has 1 aromatic carbocycles. The summed E-state index contributed by atoms with van der Waals surface area (Å²) in [6.07, 6.45) is 1.13. The highest BCUT2D eigenvalue weighted by atomic mass is 16.5. The summed E-state index contributed by atoms with van der Waals surface area (Å²) in [5.74, 6) is 1.91. The molecule has 0 bridgehead atoms. The Bertz CT molecular complexity index is 721. The molecule has 2 aromatic rings. The zero-order valence-corrected chi connectivity index (χ0v) is 14.1. The van der Waals surface area contributed by atoms with Crippen molar-refractivity contribution in [1.29, 1.82) is 0 Å². The fraction of sp³-hybridized carbons (Fsp3) is 0.500. The van der Waals surface area contributed by atoms with Gasteiger partial charge in [-0.3, -0.25) is 0 Å². The molecule has 1 saturated carbocycles. The normalized spacial score (nSPS) is 19.9. The van der Waals surface area contributed by atoms with Crippen molar-refractivity contribution in [3.8, 4) is 5.69 Å². The second-order valence-electron chi connectivity index (χ2n) is 6.68. The predicted octanol–water partition coefficient (Wildman–Crippen LogP) is 3.51. The van der Waals surface area contributed by atoms with Gasteiger partial charge >= 0.3 is 5.97 Å². The molecule has 23 heavy (non-hydrogen) atoms. The Kier molecular flexibility index (Phi) is 4.20. The minimum atomic E-state index is -0.437. The third-order valence-electron chi connectivity index (χ3n) is 4.44. The number of carbonyl (C=O) groups excluding carboxylic acids is 1. The number of rotatable bonds is 5. The van der Waals surface area contributed by atoms with Gasteiger partial charge in [-0.05, 0) is 42.7 Å². The molecule has 2 atom stereocenters. The Hall–Kier alpha value is -2.17. The maximum absolute atomic E-state index is 12.1. The van der Waals surface area contributed by atoms with E-state index in [0.717, 1.165) is 12.1 Å². The average Bonchev–Trinajstić information content (AvgIpc) is 3.09. The highest BCUT2D eigenvalue weighted by Crippen LogP contribution is 2.37. The molecule has 122 valence electrons. The SMILES string of the molecule is Cc1nc(C(=O)OCC2CC2C)nn1-c1ccccc1C(C)C. The van der Waals surface area contributed by atoms with E-state index in [1.807, 2.05) is 25.1 Å². The lowest BCUT2D eigenvalue weighted by Crippen LogP contribution is -2.11. The maximum Gasteiger partial charge on any atom is 0.378 e. The number of nitrogens with zero attached hydrogens (tertiary/aromatic N) is 3. The van der Waals surface area contributed by atoms with E-state index in [4.69, 9.17) is 4.74 Å². The molecule has 1 aromatic heterocycles. The van der Waals surface area contributed by atoms with Gasteiger partial charge in [0.2, 0.25) is 0 Å². The second kappa shape index (κ2) is 6.14. The van der Waals surface area contributed by atoms with Crippen molar-refractivity contribution < 1.29 is 9.53 Å². The fourth-order valence-electron chi connectivity index (χ4n) is 2.75. The molecule has 2 unspecified atom stereocenters. The summed E-state index contributed by atoms with van der Waals surface area (Å²) >= 11 is 0. The van der Waals surface area contributed by atoms with Crippen LogP contribution < -0.4 is 0 Å². The Morgan fingerprint density at radius 2 is 2.09 bits per heavy atom. The predicted molar refractivity (Wildman–Crippen MR) is 87.7 cm³/mol. The summed E-state index contributed by atoms with van der Waals surface area (Å²) in [7, 11) is 0. The van der Waals surface area contributed by atoms with Crippen molar-refractivity contribution in [1.82, 2.24) is 14.8 Å². The number of benzene rings is 1. The molecule has 0 spiro atoms. The van der Waals surface area contributed by atoms with Crippen LogP contribution in [0.2, 0.25) is 0 Å². The van der Waals surface area contributed by atoms with Crippen LogP contribution >= 0.6 is 0 Å². The molecule has 0 N–H and O–H groups in total. The monoisotopic (exact) mass is 313 g/mol. The van der Waals surface area contributed by atoms with Crippen molar-refractivity contribution in [2.45, 2.75) is 40.0 Å². The van der Waals surface area contributed by atoms with E-state index in [9.17, 15) is 4.79 Å². The third-order valence-corrected chi connectivity index (χ3v) is 4.44. The van der Waals surface area contributed by atoms with Gasteiger partial charge in [0, 0.05) is 0 Å². The molecule has 0 radical (unpaired) electrons. The summed E-state index contributed by atoms with van der Waals surface area (Å²) in [6, 6.07) is 8.05. The number of carbonyl (C=O) groups is 1. The highest BCUT2D eigenvalue weighted by Gasteiger charge is 2.34. The van der Waals surface area contributed by atoms with Gasteiger partial charge in [0.05, 0.1) is 12.3 Å². The number of para-hydroxylation sites is 1. The van der Waals surface area contributed by atoms with Crippen molar-refractivity contribution in [2.75, 3.05) is 6.61 Å². The third kappa shape index (κ3) is 3.28. The van der Waals surface area contributed by atoms with E-state index < -0.39 is 5.97 Å². The number of hydrogen-bond acceptors (Lipinski definition) is 4. The van der Waals surface area contributed by atoms with Gasteiger partial charge in [0.15, 0.2) is 0 Å². The Labute approximate surface area is 136 Å². The molecule has 5 nitrogen and oxygen atoms in total. The van der Waals surface area contributed by atoms with E-state index in [2.05, 4.69) is 36.9 Å². The lowest BCUT2D eigenvalue weighted by Gasteiger charge is -2.12. The molecular weight excluding hydrogens is 290 g/mol. The number of esters is 1. The number of hydrogen-bond donors (Lipinski definition) is 0. The molecule has 5 heteroatoms. The van der Waals surface area contributed by atoms with Gasteiger partial charge in [0.1, 0.15) is 5.82 Å². The van der Waals surface area contributed by atoms with Crippen LogP contribution in [0.5, 0.6) is 0 Å². The number of aryl methyl sites for hydroxylation is 1. The first-order chi connectivity index (χ1) is 11.0. The Balaban J connectivity index is 1.82. The standard InChI is InChI=1S/C18H23N3O2/c1-11(2)15-7-5-6-8-16(15)21-13(4)19-17(20-21)18(22)23-10-14-9-12(14)3/h5-8,11-12,14H,9-10H2,1-4H3. The lowest BCUT2D eigenvalue weighted by molar-refractivity contribution is 0.0467. The zero-order valence-electron chi connectivity index (χ0n) is 14.1. The summed E-state index contributed by atoms with van der Waals surface area (Å²) in [5.41, 5.74) is 2.13. The Morgan fingerprint density at radius 3 is 2.74 bits per heavy atom. The van der Waals surface area contributed by atoms with E-state index in [-0.39, 0.29) is 5.82 Å². The molecule has 1 heterocycles. The van der Waals surface area contributed by atoms with Gasteiger partial charge < -0.3 is 4.74 Å². The van der Waals surface area contributed by atoms with E-state index in [1.54, 1.807) is 4.68 Å². The number of ether oxygens (including phenoxy) is 1. The molecule has 1 aliphatic carbocycles. The van der Waals surface area contributed by atoms with Crippen LogP contribution in [0.1, 0.15) is 55.1 Å². The summed E-state index contributed by atoms with van der Waals surface area (Å²) < 4.78 is 7.05. The van der Waals surface area contributed by atoms with E-state index in [1.165, 1.54) is 5.56 Å². The lowest BCUT2D eigenvalue weighted by atomic mass is 10.0. The van der Waals surface area contributed by atoms with E-state index in [0.29, 0.717) is 30.2 Å². The molecule has 0 aliphatic heterocycles. The topological polar surface area (TPSA) is 57.0 Å². The van der Waals surface area contributed by atoms with Gasteiger partial charge in [-0.15, -0.1) is 5.10 Å². The molecule has 1 aliphatic rings. The largest absolute Gasteiger partial charge is 0.459 e. The van der Waals surface area contributed by atoms with Crippen LogP contribution in [0.4, 0.5) is 0 Å². The highest BCUT2D eigenvalue weighted by molar-refractivity contribution is 5.85. The van der Waals surface area contributed by atoms with Gasteiger partial charge in [-0.2, -0.15) is 0 Å².